The number of nitrogens with one attached hydrogen (secondary N) is 1. The van der Waals surface area contributed by atoms with Crippen LogP contribution in [-0.2, 0) is 14.3 Å². The molecule has 1 saturated heterocycles. The van der Waals surface area contributed by atoms with Gasteiger partial charge in [0.15, 0.2) is 0 Å². The monoisotopic (exact) mass is 242 g/mol. The number of likely N-dealkylation sites (tertiary alicyclic amines) is 1. The summed E-state index contributed by atoms with van der Waals surface area (Å²) in [4.78, 5) is 24.0. The first-order valence-corrected chi connectivity index (χ1v) is 6.24. The van der Waals surface area contributed by atoms with Crippen molar-refractivity contribution in [1.29, 1.82) is 0 Å². The highest BCUT2D eigenvalue weighted by Gasteiger charge is 2.21. The molecule has 0 atom stereocenters. The molecule has 5 heteroatoms. The van der Waals surface area contributed by atoms with Gasteiger partial charge in [-0.05, 0) is 25.7 Å². The van der Waals surface area contributed by atoms with E-state index >= 15 is 0 Å². The fourth-order valence-corrected chi connectivity index (χ4v) is 2.07. The Labute approximate surface area is 102 Å². The lowest BCUT2D eigenvalue weighted by Crippen LogP contribution is -2.44. The van der Waals surface area contributed by atoms with Gasteiger partial charge >= 0.3 is 0 Å². The standard InChI is InChI=1S/C12H22N2O3/c1-17-9-3-2-4-12(16)14-7-5-11(6-8-14)13-10-15/h10-11H,2-9H2,1H3,(H,13,15). The lowest BCUT2D eigenvalue weighted by atomic mass is 10.0. The highest BCUT2D eigenvalue weighted by atomic mass is 16.5. The predicted molar refractivity (Wildman–Crippen MR) is 64.5 cm³/mol. The predicted octanol–water partition coefficient (Wildman–Crippen LogP) is 0.540. The molecule has 0 saturated carbocycles. The van der Waals surface area contributed by atoms with Crippen LogP contribution in [0.4, 0.5) is 0 Å². The Kier molecular flexibility index (Phi) is 6.62. The topological polar surface area (TPSA) is 58.6 Å². The molecule has 0 aliphatic carbocycles. The van der Waals surface area contributed by atoms with E-state index in [2.05, 4.69) is 5.32 Å². The molecule has 98 valence electrons. The smallest absolute Gasteiger partial charge is 0.222 e. The molecule has 17 heavy (non-hydrogen) atoms. The molecule has 0 radical (unpaired) electrons. The number of amides is 2. The summed E-state index contributed by atoms with van der Waals surface area (Å²) in [5, 5.41) is 2.77. The number of hydrogen-bond acceptors (Lipinski definition) is 3. The Morgan fingerprint density at radius 3 is 2.71 bits per heavy atom. The molecule has 1 aliphatic heterocycles. The Bertz CT molecular complexity index is 238. The maximum atomic E-state index is 11.8. The molecular formula is C12H22N2O3. The third-order valence-corrected chi connectivity index (χ3v) is 3.14. The molecule has 1 heterocycles. The molecule has 5 nitrogen and oxygen atoms in total. The molecule has 0 aromatic heterocycles. The number of rotatable bonds is 7. The molecule has 1 aliphatic rings. The minimum atomic E-state index is 0.227. The Morgan fingerprint density at radius 2 is 2.12 bits per heavy atom. The Hall–Kier alpha value is -1.10. The van der Waals surface area contributed by atoms with Crippen LogP contribution < -0.4 is 5.32 Å². The summed E-state index contributed by atoms with van der Waals surface area (Å²) in [5.41, 5.74) is 0. The van der Waals surface area contributed by atoms with Crippen LogP contribution in [0.25, 0.3) is 0 Å². The first-order chi connectivity index (χ1) is 8.27. The number of piperidine rings is 1. The zero-order valence-electron chi connectivity index (χ0n) is 10.5. The van der Waals surface area contributed by atoms with E-state index in [1.807, 2.05) is 4.90 Å². The van der Waals surface area contributed by atoms with Crippen molar-refractivity contribution in [3.63, 3.8) is 0 Å². The molecular weight excluding hydrogens is 220 g/mol. The molecule has 0 aromatic rings. The lowest BCUT2D eigenvalue weighted by molar-refractivity contribution is -0.132. The van der Waals surface area contributed by atoms with E-state index in [-0.39, 0.29) is 11.9 Å². The van der Waals surface area contributed by atoms with Crippen molar-refractivity contribution in [1.82, 2.24) is 10.2 Å². The average Bonchev–Trinajstić information content (AvgIpc) is 2.36. The average molecular weight is 242 g/mol. The van der Waals surface area contributed by atoms with Gasteiger partial charge in [0.05, 0.1) is 0 Å². The van der Waals surface area contributed by atoms with Crippen LogP contribution >= 0.6 is 0 Å². The molecule has 1 N–H and O–H groups in total. The van der Waals surface area contributed by atoms with Crippen LogP contribution in [0, 0.1) is 0 Å². The van der Waals surface area contributed by atoms with Gasteiger partial charge in [0.25, 0.3) is 0 Å². The molecule has 1 fully saturated rings. The summed E-state index contributed by atoms with van der Waals surface area (Å²) < 4.78 is 4.94. The zero-order chi connectivity index (χ0) is 12.5. The highest BCUT2D eigenvalue weighted by molar-refractivity contribution is 5.76. The van der Waals surface area contributed by atoms with Crippen molar-refractivity contribution in [3.05, 3.63) is 0 Å². The summed E-state index contributed by atoms with van der Waals surface area (Å²) >= 11 is 0. The fraction of sp³-hybridized carbons (Fsp3) is 0.833. The SMILES string of the molecule is COCCCCC(=O)N1CCC(NC=O)CC1. The summed E-state index contributed by atoms with van der Waals surface area (Å²) in [6.07, 6.45) is 4.90. The van der Waals surface area contributed by atoms with Gasteiger partial charge in [-0.15, -0.1) is 0 Å². The van der Waals surface area contributed by atoms with Gasteiger partial charge in [-0.3, -0.25) is 9.59 Å². The number of hydrogen-bond donors (Lipinski definition) is 1. The van der Waals surface area contributed by atoms with E-state index in [0.29, 0.717) is 6.42 Å². The van der Waals surface area contributed by atoms with Crippen LogP contribution in [0.5, 0.6) is 0 Å². The number of unbranched alkanes of at least 4 members (excludes halogenated alkanes) is 1. The van der Waals surface area contributed by atoms with Crippen LogP contribution in [-0.4, -0.2) is 50.1 Å². The second-order valence-electron chi connectivity index (χ2n) is 4.39. The van der Waals surface area contributed by atoms with Crippen molar-refractivity contribution < 1.29 is 14.3 Å². The van der Waals surface area contributed by atoms with E-state index in [1.165, 1.54) is 0 Å². The van der Waals surface area contributed by atoms with Crippen LogP contribution in [0.1, 0.15) is 32.1 Å². The van der Waals surface area contributed by atoms with E-state index < -0.39 is 0 Å². The van der Waals surface area contributed by atoms with Crippen LogP contribution in [0.2, 0.25) is 0 Å². The van der Waals surface area contributed by atoms with Gasteiger partial charge in [0.1, 0.15) is 0 Å². The van der Waals surface area contributed by atoms with E-state index in [4.69, 9.17) is 4.74 Å². The van der Waals surface area contributed by atoms with Gasteiger partial charge < -0.3 is 15.0 Å². The number of nitrogens with zero attached hydrogens (tertiary/aromatic N) is 1. The summed E-state index contributed by atoms with van der Waals surface area (Å²) in [6, 6.07) is 0.241. The quantitative estimate of drug-likeness (QED) is 0.523. The summed E-state index contributed by atoms with van der Waals surface area (Å²) in [7, 11) is 1.67. The zero-order valence-corrected chi connectivity index (χ0v) is 10.5. The molecule has 0 spiro atoms. The van der Waals surface area contributed by atoms with E-state index in [0.717, 1.165) is 51.8 Å². The number of carbonyl (C=O) groups is 2. The fourth-order valence-electron chi connectivity index (χ4n) is 2.07. The van der Waals surface area contributed by atoms with Crippen molar-refractivity contribution in [2.24, 2.45) is 0 Å². The van der Waals surface area contributed by atoms with E-state index in [9.17, 15) is 9.59 Å². The highest BCUT2D eigenvalue weighted by Crippen LogP contribution is 2.12. The largest absolute Gasteiger partial charge is 0.385 e. The Morgan fingerprint density at radius 1 is 1.41 bits per heavy atom. The first-order valence-electron chi connectivity index (χ1n) is 6.24. The molecule has 0 aromatic carbocycles. The van der Waals surface area contributed by atoms with Gasteiger partial charge in [-0.2, -0.15) is 0 Å². The second-order valence-corrected chi connectivity index (χ2v) is 4.39. The Balaban J connectivity index is 2.14. The summed E-state index contributed by atoms with van der Waals surface area (Å²) in [6.45, 7) is 2.24. The van der Waals surface area contributed by atoms with Crippen molar-refractivity contribution >= 4 is 12.3 Å². The maximum absolute atomic E-state index is 11.8. The molecule has 1 rings (SSSR count). The van der Waals surface area contributed by atoms with Crippen molar-refractivity contribution in [3.8, 4) is 0 Å². The molecule has 0 bridgehead atoms. The van der Waals surface area contributed by atoms with Crippen LogP contribution in [0.15, 0.2) is 0 Å². The number of carbonyl (C=O) groups excluding carboxylic acids is 2. The lowest BCUT2D eigenvalue weighted by Gasteiger charge is -2.31. The normalized spacial score (nSPS) is 16.9. The third-order valence-electron chi connectivity index (χ3n) is 3.14. The van der Waals surface area contributed by atoms with E-state index in [1.54, 1.807) is 7.11 Å². The van der Waals surface area contributed by atoms with Crippen molar-refractivity contribution in [2.75, 3.05) is 26.8 Å². The minimum absolute atomic E-state index is 0.227. The second kappa shape index (κ2) is 8.06. The molecule has 2 amide bonds. The van der Waals surface area contributed by atoms with Gasteiger partial charge in [0.2, 0.25) is 12.3 Å². The summed E-state index contributed by atoms with van der Waals surface area (Å²) in [5.74, 6) is 0.227. The van der Waals surface area contributed by atoms with Gasteiger partial charge in [-0.1, -0.05) is 0 Å². The number of methoxy groups -OCH3 is 1. The third kappa shape index (κ3) is 5.17. The van der Waals surface area contributed by atoms with Gasteiger partial charge in [-0.25, -0.2) is 0 Å². The van der Waals surface area contributed by atoms with Crippen LogP contribution in [0.3, 0.4) is 0 Å². The van der Waals surface area contributed by atoms with Gasteiger partial charge in [0, 0.05) is 39.3 Å². The van der Waals surface area contributed by atoms with Crippen molar-refractivity contribution in [2.45, 2.75) is 38.1 Å². The molecule has 0 unspecified atom stereocenters. The minimum Gasteiger partial charge on any atom is -0.385 e. The number of ether oxygens (including phenoxy) is 1. The maximum Gasteiger partial charge on any atom is 0.222 e. The first kappa shape index (κ1) is 14.0.